The Morgan fingerprint density at radius 2 is 1.95 bits per heavy atom. The van der Waals surface area contributed by atoms with Crippen LogP contribution < -0.4 is 0 Å². The first-order valence-electron chi connectivity index (χ1n) is 5.81. The van der Waals surface area contributed by atoms with Gasteiger partial charge in [-0.05, 0) is 31.2 Å². The van der Waals surface area contributed by atoms with Crippen molar-refractivity contribution in [3.63, 3.8) is 0 Å². The van der Waals surface area contributed by atoms with Gasteiger partial charge in [0.1, 0.15) is 0 Å². The maximum absolute atomic E-state index is 6.05. The quantitative estimate of drug-likeness (QED) is 0.707. The maximum atomic E-state index is 6.05. The van der Waals surface area contributed by atoms with Crippen molar-refractivity contribution in [3.8, 4) is 22.8 Å². The molecule has 5 heteroatoms. The standard InChI is InChI=1S/C14H11Cl2N3/c1-8-13(9-4-5-10(15)11(16)7-9)19-14(18-8)12-3-2-6-17-12/h2-7,17H,1H3,(H,18,19). The van der Waals surface area contributed by atoms with E-state index in [1.165, 1.54) is 0 Å². The summed E-state index contributed by atoms with van der Waals surface area (Å²) in [4.78, 5) is 11.0. The Morgan fingerprint density at radius 1 is 1.11 bits per heavy atom. The SMILES string of the molecule is Cc1[nH]c(-c2ccc[nH]2)nc1-c1ccc(Cl)c(Cl)c1. The summed E-state index contributed by atoms with van der Waals surface area (Å²) in [6.07, 6.45) is 1.87. The van der Waals surface area contributed by atoms with Crippen molar-refractivity contribution in [2.45, 2.75) is 6.92 Å². The average Bonchev–Trinajstić information content (AvgIpc) is 3.01. The molecule has 0 saturated carbocycles. The lowest BCUT2D eigenvalue weighted by Gasteiger charge is -2.01. The van der Waals surface area contributed by atoms with Gasteiger partial charge in [0.2, 0.25) is 0 Å². The number of aromatic amines is 2. The molecule has 3 nitrogen and oxygen atoms in total. The minimum Gasteiger partial charge on any atom is -0.359 e. The first kappa shape index (κ1) is 12.3. The van der Waals surface area contributed by atoms with Crippen molar-refractivity contribution in [2.24, 2.45) is 0 Å². The molecule has 3 aromatic rings. The van der Waals surface area contributed by atoms with E-state index in [2.05, 4.69) is 15.0 Å². The second-order valence-corrected chi connectivity index (χ2v) is 5.09. The Balaban J connectivity index is 2.08. The van der Waals surface area contributed by atoms with Crippen LogP contribution in [0.25, 0.3) is 22.8 Å². The lowest BCUT2D eigenvalue weighted by molar-refractivity contribution is 1.22. The van der Waals surface area contributed by atoms with E-state index in [9.17, 15) is 0 Å². The lowest BCUT2D eigenvalue weighted by atomic mass is 10.1. The molecule has 2 N–H and O–H groups in total. The van der Waals surface area contributed by atoms with Gasteiger partial charge >= 0.3 is 0 Å². The Morgan fingerprint density at radius 3 is 2.63 bits per heavy atom. The number of nitrogens with one attached hydrogen (secondary N) is 2. The van der Waals surface area contributed by atoms with Crippen LogP contribution in [-0.2, 0) is 0 Å². The number of nitrogens with zero attached hydrogens (tertiary/aromatic N) is 1. The van der Waals surface area contributed by atoms with E-state index in [-0.39, 0.29) is 0 Å². The van der Waals surface area contributed by atoms with Gasteiger partial charge in [-0.3, -0.25) is 0 Å². The van der Waals surface area contributed by atoms with E-state index in [0.29, 0.717) is 10.0 Å². The number of H-pyrrole nitrogens is 2. The fourth-order valence-electron chi connectivity index (χ4n) is 1.99. The molecule has 0 fully saturated rings. The van der Waals surface area contributed by atoms with Crippen molar-refractivity contribution in [1.29, 1.82) is 0 Å². The minimum atomic E-state index is 0.531. The summed E-state index contributed by atoms with van der Waals surface area (Å²) in [6, 6.07) is 9.42. The van der Waals surface area contributed by atoms with Crippen molar-refractivity contribution in [1.82, 2.24) is 15.0 Å². The molecule has 0 aliphatic heterocycles. The van der Waals surface area contributed by atoms with Gasteiger partial charge in [-0.2, -0.15) is 0 Å². The fraction of sp³-hybridized carbons (Fsp3) is 0.0714. The largest absolute Gasteiger partial charge is 0.359 e. The third-order valence-electron chi connectivity index (χ3n) is 2.93. The normalized spacial score (nSPS) is 10.9. The van der Waals surface area contributed by atoms with Crippen molar-refractivity contribution < 1.29 is 0 Å². The van der Waals surface area contributed by atoms with Gasteiger partial charge in [-0.25, -0.2) is 4.98 Å². The Hall–Kier alpha value is -1.71. The molecule has 0 amide bonds. The van der Waals surface area contributed by atoms with Gasteiger partial charge in [0.25, 0.3) is 0 Å². The highest BCUT2D eigenvalue weighted by Gasteiger charge is 2.12. The molecule has 0 unspecified atom stereocenters. The zero-order valence-corrected chi connectivity index (χ0v) is 11.7. The molecule has 96 valence electrons. The monoisotopic (exact) mass is 291 g/mol. The summed E-state index contributed by atoms with van der Waals surface area (Å²) >= 11 is 12.0. The second kappa shape index (κ2) is 4.76. The summed E-state index contributed by atoms with van der Waals surface area (Å²) in [7, 11) is 0. The van der Waals surface area contributed by atoms with E-state index < -0.39 is 0 Å². The van der Waals surface area contributed by atoms with Crippen LogP contribution in [0.15, 0.2) is 36.5 Å². The highest BCUT2D eigenvalue weighted by atomic mass is 35.5. The molecule has 19 heavy (non-hydrogen) atoms. The summed E-state index contributed by atoms with van der Waals surface area (Å²) in [6.45, 7) is 1.98. The zero-order chi connectivity index (χ0) is 13.4. The molecule has 0 aliphatic rings. The molecule has 0 spiro atoms. The molecule has 1 aromatic carbocycles. The number of rotatable bonds is 2. The lowest BCUT2D eigenvalue weighted by Crippen LogP contribution is -1.82. The first-order chi connectivity index (χ1) is 9.15. The van der Waals surface area contributed by atoms with E-state index in [0.717, 1.165) is 28.5 Å². The smallest absolute Gasteiger partial charge is 0.154 e. The van der Waals surface area contributed by atoms with Gasteiger partial charge in [-0.15, -0.1) is 0 Å². The van der Waals surface area contributed by atoms with Crippen LogP contribution in [0.4, 0.5) is 0 Å². The van der Waals surface area contributed by atoms with Gasteiger partial charge in [0.15, 0.2) is 5.82 Å². The Labute approximate surface area is 120 Å². The van der Waals surface area contributed by atoms with Gasteiger partial charge in [-0.1, -0.05) is 29.3 Å². The van der Waals surface area contributed by atoms with Gasteiger partial charge in [0, 0.05) is 17.5 Å². The predicted molar refractivity (Wildman–Crippen MR) is 78.6 cm³/mol. The maximum Gasteiger partial charge on any atom is 0.154 e. The Kier molecular flexibility index (Phi) is 3.09. The van der Waals surface area contributed by atoms with Crippen LogP contribution in [0, 0.1) is 6.92 Å². The molecule has 0 saturated heterocycles. The predicted octanol–water partition coefficient (Wildman–Crippen LogP) is 4.69. The van der Waals surface area contributed by atoms with E-state index in [1.54, 1.807) is 6.07 Å². The highest BCUT2D eigenvalue weighted by Crippen LogP contribution is 2.30. The van der Waals surface area contributed by atoms with Crippen LogP contribution >= 0.6 is 23.2 Å². The van der Waals surface area contributed by atoms with Crippen molar-refractivity contribution in [2.75, 3.05) is 0 Å². The molecular formula is C14H11Cl2N3. The van der Waals surface area contributed by atoms with Gasteiger partial charge < -0.3 is 9.97 Å². The summed E-state index contributed by atoms with van der Waals surface area (Å²) < 4.78 is 0. The summed E-state index contributed by atoms with van der Waals surface area (Å²) in [5, 5.41) is 1.08. The number of imidazole rings is 1. The van der Waals surface area contributed by atoms with E-state index in [1.807, 2.05) is 37.4 Å². The number of benzene rings is 1. The molecule has 0 atom stereocenters. The van der Waals surface area contributed by atoms with Crippen LogP contribution in [0.1, 0.15) is 5.69 Å². The molecular weight excluding hydrogens is 281 g/mol. The number of hydrogen-bond acceptors (Lipinski definition) is 1. The van der Waals surface area contributed by atoms with Crippen LogP contribution in [-0.4, -0.2) is 15.0 Å². The average molecular weight is 292 g/mol. The highest BCUT2D eigenvalue weighted by molar-refractivity contribution is 6.42. The van der Waals surface area contributed by atoms with Crippen LogP contribution in [0.5, 0.6) is 0 Å². The van der Waals surface area contributed by atoms with Gasteiger partial charge in [0.05, 0.1) is 21.4 Å². The fourth-order valence-corrected chi connectivity index (χ4v) is 2.29. The molecule has 3 rings (SSSR count). The number of aromatic nitrogens is 3. The first-order valence-corrected chi connectivity index (χ1v) is 6.56. The molecule has 2 heterocycles. The Bertz CT molecular complexity index is 714. The second-order valence-electron chi connectivity index (χ2n) is 4.27. The topological polar surface area (TPSA) is 44.5 Å². The van der Waals surface area contributed by atoms with Crippen LogP contribution in [0.3, 0.4) is 0 Å². The third-order valence-corrected chi connectivity index (χ3v) is 3.67. The molecule has 0 bridgehead atoms. The molecule has 0 aliphatic carbocycles. The van der Waals surface area contributed by atoms with Crippen molar-refractivity contribution in [3.05, 3.63) is 52.3 Å². The zero-order valence-electron chi connectivity index (χ0n) is 10.2. The molecule has 2 aromatic heterocycles. The van der Waals surface area contributed by atoms with Crippen molar-refractivity contribution >= 4 is 23.2 Å². The van der Waals surface area contributed by atoms with E-state index in [4.69, 9.17) is 23.2 Å². The summed E-state index contributed by atoms with van der Waals surface area (Å²) in [5.74, 6) is 0.809. The van der Waals surface area contributed by atoms with E-state index >= 15 is 0 Å². The number of hydrogen-bond donors (Lipinski definition) is 2. The third kappa shape index (κ3) is 2.27. The number of aryl methyl sites for hydroxylation is 1. The molecule has 0 radical (unpaired) electrons. The minimum absolute atomic E-state index is 0.531. The number of halogens is 2. The van der Waals surface area contributed by atoms with Crippen LogP contribution in [0.2, 0.25) is 10.0 Å². The summed E-state index contributed by atoms with van der Waals surface area (Å²) in [5.41, 5.74) is 3.77.